The number of anilines is 1. The van der Waals surface area contributed by atoms with Crippen LogP contribution in [0.15, 0.2) is 34.8 Å². The number of benzene rings is 2. The highest BCUT2D eigenvalue weighted by atomic mass is 79.9. The van der Waals surface area contributed by atoms with Gasteiger partial charge in [-0.2, -0.15) is 0 Å². The van der Waals surface area contributed by atoms with E-state index in [0.717, 1.165) is 26.7 Å². The fraction of sp³-hybridized carbons (Fsp3) is 0.188. The first-order valence-corrected chi connectivity index (χ1v) is 6.87. The number of rotatable bonds is 2. The van der Waals surface area contributed by atoms with Crippen molar-refractivity contribution in [3.8, 4) is 0 Å². The summed E-state index contributed by atoms with van der Waals surface area (Å²) in [5.41, 5.74) is 10.8. The van der Waals surface area contributed by atoms with Gasteiger partial charge in [0.2, 0.25) is 0 Å². The molecular formula is C16H16BrNO. The number of nitrogens with two attached hydrogens (primary N) is 1. The van der Waals surface area contributed by atoms with E-state index in [-0.39, 0.29) is 5.78 Å². The predicted molar refractivity (Wildman–Crippen MR) is 82.6 cm³/mol. The first-order valence-electron chi connectivity index (χ1n) is 6.07. The third kappa shape index (κ3) is 2.71. The van der Waals surface area contributed by atoms with Crippen molar-refractivity contribution < 1.29 is 4.79 Å². The van der Waals surface area contributed by atoms with E-state index in [4.69, 9.17) is 5.73 Å². The molecule has 0 heterocycles. The first-order chi connectivity index (χ1) is 8.90. The second-order valence-electron chi connectivity index (χ2n) is 4.82. The smallest absolute Gasteiger partial charge is 0.193 e. The average molecular weight is 318 g/mol. The van der Waals surface area contributed by atoms with E-state index in [0.29, 0.717) is 11.3 Å². The van der Waals surface area contributed by atoms with Crippen molar-refractivity contribution in [1.82, 2.24) is 0 Å². The van der Waals surface area contributed by atoms with Crippen LogP contribution in [0.1, 0.15) is 32.6 Å². The lowest BCUT2D eigenvalue weighted by Crippen LogP contribution is -2.08. The van der Waals surface area contributed by atoms with Crippen LogP contribution in [0.25, 0.3) is 0 Å². The maximum absolute atomic E-state index is 12.7. The van der Waals surface area contributed by atoms with Gasteiger partial charge in [-0.3, -0.25) is 4.79 Å². The number of hydrogen-bond acceptors (Lipinski definition) is 2. The van der Waals surface area contributed by atoms with Crippen LogP contribution in [0, 0.1) is 20.8 Å². The van der Waals surface area contributed by atoms with Gasteiger partial charge in [0, 0.05) is 21.3 Å². The topological polar surface area (TPSA) is 43.1 Å². The van der Waals surface area contributed by atoms with E-state index in [1.807, 2.05) is 51.1 Å². The summed E-state index contributed by atoms with van der Waals surface area (Å²) in [6.45, 7) is 5.81. The number of ketones is 1. The zero-order chi connectivity index (χ0) is 14.2. The van der Waals surface area contributed by atoms with Gasteiger partial charge in [0.1, 0.15) is 0 Å². The van der Waals surface area contributed by atoms with Crippen LogP contribution in [0.4, 0.5) is 5.69 Å². The minimum atomic E-state index is 0.0201. The van der Waals surface area contributed by atoms with Crippen molar-refractivity contribution in [1.29, 1.82) is 0 Å². The highest BCUT2D eigenvalue weighted by Crippen LogP contribution is 2.26. The lowest BCUT2D eigenvalue weighted by atomic mass is 9.94. The third-order valence-electron chi connectivity index (χ3n) is 3.29. The Morgan fingerprint density at radius 1 is 1.05 bits per heavy atom. The summed E-state index contributed by atoms with van der Waals surface area (Å²) in [6.07, 6.45) is 0. The summed E-state index contributed by atoms with van der Waals surface area (Å²) in [5.74, 6) is 0.0201. The molecule has 0 unspecified atom stereocenters. The number of nitrogen functional groups attached to an aromatic ring is 1. The Bertz CT molecular complexity index is 662. The second-order valence-corrected chi connectivity index (χ2v) is 5.73. The van der Waals surface area contributed by atoms with Crippen molar-refractivity contribution in [3.05, 3.63) is 62.6 Å². The van der Waals surface area contributed by atoms with Gasteiger partial charge in [-0.15, -0.1) is 0 Å². The Labute approximate surface area is 121 Å². The second kappa shape index (κ2) is 5.17. The van der Waals surface area contributed by atoms with Crippen LogP contribution < -0.4 is 5.73 Å². The molecule has 0 atom stereocenters. The van der Waals surface area contributed by atoms with Crippen molar-refractivity contribution >= 4 is 27.4 Å². The minimum absolute atomic E-state index is 0.0201. The number of carbonyl (C=O) groups excluding carboxylic acids is 1. The molecule has 2 aromatic rings. The average Bonchev–Trinajstić information content (AvgIpc) is 2.36. The summed E-state index contributed by atoms with van der Waals surface area (Å²) < 4.78 is 0.823. The van der Waals surface area contributed by atoms with Crippen LogP contribution in [-0.4, -0.2) is 5.78 Å². The van der Waals surface area contributed by atoms with E-state index < -0.39 is 0 Å². The van der Waals surface area contributed by atoms with Crippen molar-refractivity contribution in [2.24, 2.45) is 0 Å². The molecule has 0 aliphatic carbocycles. The number of hydrogen-bond donors (Lipinski definition) is 1. The van der Waals surface area contributed by atoms with Gasteiger partial charge in [0.05, 0.1) is 0 Å². The maximum Gasteiger partial charge on any atom is 0.193 e. The van der Waals surface area contributed by atoms with E-state index in [1.54, 1.807) is 0 Å². The van der Waals surface area contributed by atoms with Crippen molar-refractivity contribution in [3.63, 3.8) is 0 Å². The molecular weight excluding hydrogens is 302 g/mol. The lowest BCUT2D eigenvalue weighted by Gasteiger charge is -2.11. The molecule has 98 valence electrons. The Hall–Kier alpha value is -1.61. The molecule has 2 nitrogen and oxygen atoms in total. The van der Waals surface area contributed by atoms with Crippen molar-refractivity contribution in [2.75, 3.05) is 5.73 Å². The Morgan fingerprint density at radius 2 is 1.74 bits per heavy atom. The normalized spacial score (nSPS) is 10.5. The molecule has 0 fully saturated rings. The van der Waals surface area contributed by atoms with Crippen LogP contribution >= 0.6 is 15.9 Å². The summed E-state index contributed by atoms with van der Waals surface area (Å²) >= 11 is 3.39. The molecule has 0 radical (unpaired) electrons. The molecule has 0 saturated heterocycles. The number of carbonyl (C=O) groups is 1. The molecule has 2 N–H and O–H groups in total. The highest BCUT2D eigenvalue weighted by Gasteiger charge is 2.16. The Kier molecular flexibility index (Phi) is 3.76. The molecule has 0 bridgehead atoms. The van der Waals surface area contributed by atoms with E-state index in [1.165, 1.54) is 0 Å². The van der Waals surface area contributed by atoms with Gasteiger partial charge in [-0.25, -0.2) is 0 Å². The minimum Gasteiger partial charge on any atom is -0.398 e. The molecule has 0 amide bonds. The standard InChI is InChI=1S/C16H16BrNO/c1-9-4-5-10(2)13(6-9)16(19)14-7-12(17)8-15(18)11(14)3/h4-8H,18H2,1-3H3. The van der Waals surface area contributed by atoms with E-state index in [9.17, 15) is 4.79 Å². The quantitative estimate of drug-likeness (QED) is 0.666. The molecule has 0 aromatic heterocycles. The molecule has 0 saturated carbocycles. The van der Waals surface area contributed by atoms with Gasteiger partial charge in [-0.1, -0.05) is 33.6 Å². The van der Waals surface area contributed by atoms with Gasteiger partial charge in [0.25, 0.3) is 0 Å². The molecule has 2 rings (SSSR count). The predicted octanol–water partition coefficient (Wildman–Crippen LogP) is 4.19. The number of aryl methyl sites for hydroxylation is 2. The van der Waals surface area contributed by atoms with Crippen LogP contribution in [0.3, 0.4) is 0 Å². The molecule has 0 spiro atoms. The summed E-state index contributed by atoms with van der Waals surface area (Å²) in [6, 6.07) is 9.55. The molecule has 19 heavy (non-hydrogen) atoms. The van der Waals surface area contributed by atoms with Gasteiger partial charge in [0.15, 0.2) is 5.78 Å². The zero-order valence-electron chi connectivity index (χ0n) is 11.3. The molecule has 2 aromatic carbocycles. The van der Waals surface area contributed by atoms with Gasteiger partial charge < -0.3 is 5.73 Å². The number of halogens is 1. The van der Waals surface area contributed by atoms with E-state index >= 15 is 0 Å². The maximum atomic E-state index is 12.7. The lowest BCUT2D eigenvalue weighted by molar-refractivity contribution is 0.103. The fourth-order valence-electron chi connectivity index (χ4n) is 2.06. The SMILES string of the molecule is Cc1ccc(C)c(C(=O)c2cc(Br)cc(N)c2C)c1. The summed E-state index contributed by atoms with van der Waals surface area (Å²) in [4.78, 5) is 12.7. The molecule has 3 heteroatoms. The largest absolute Gasteiger partial charge is 0.398 e. The van der Waals surface area contributed by atoms with Crippen molar-refractivity contribution in [2.45, 2.75) is 20.8 Å². The Balaban J connectivity index is 2.59. The zero-order valence-corrected chi connectivity index (χ0v) is 12.8. The fourth-order valence-corrected chi connectivity index (χ4v) is 2.54. The monoisotopic (exact) mass is 317 g/mol. The summed E-state index contributed by atoms with van der Waals surface area (Å²) in [5, 5.41) is 0. The first kappa shape index (κ1) is 13.8. The van der Waals surface area contributed by atoms with Crippen LogP contribution in [-0.2, 0) is 0 Å². The summed E-state index contributed by atoms with van der Waals surface area (Å²) in [7, 11) is 0. The molecule has 0 aliphatic rings. The third-order valence-corrected chi connectivity index (χ3v) is 3.75. The van der Waals surface area contributed by atoms with Gasteiger partial charge >= 0.3 is 0 Å². The van der Waals surface area contributed by atoms with Crippen LogP contribution in [0.2, 0.25) is 0 Å². The van der Waals surface area contributed by atoms with E-state index in [2.05, 4.69) is 15.9 Å². The van der Waals surface area contributed by atoms with Crippen LogP contribution in [0.5, 0.6) is 0 Å². The molecule has 0 aliphatic heterocycles. The van der Waals surface area contributed by atoms with Gasteiger partial charge in [-0.05, 0) is 50.1 Å². The Morgan fingerprint density at radius 3 is 2.42 bits per heavy atom. The highest BCUT2D eigenvalue weighted by molar-refractivity contribution is 9.10.